The smallest absolute Gasteiger partial charge is 0.340 e. The van der Waals surface area contributed by atoms with Gasteiger partial charge in [0.2, 0.25) is 0 Å². The van der Waals surface area contributed by atoms with Crippen LogP contribution in [0.2, 0.25) is 0 Å². The molecule has 0 aliphatic carbocycles. The van der Waals surface area contributed by atoms with E-state index in [4.69, 9.17) is 15.2 Å². The Labute approximate surface area is 114 Å². The van der Waals surface area contributed by atoms with Gasteiger partial charge in [-0.15, -0.1) is 0 Å². The number of anilines is 2. The van der Waals surface area contributed by atoms with Crippen LogP contribution in [0.25, 0.3) is 0 Å². The third-order valence-corrected chi connectivity index (χ3v) is 2.45. The minimum atomic E-state index is -0.364. The third-order valence-electron chi connectivity index (χ3n) is 2.45. The summed E-state index contributed by atoms with van der Waals surface area (Å²) in [6, 6.07) is 5.17. The summed E-state index contributed by atoms with van der Waals surface area (Å²) in [5.41, 5.74) is 7.45. The van der Waals surface area contributed by atoms with E-state index in [0.717, 1.165) is 18.7 Å². The lowest BCUT2D eigenvalue weighted by Gasteiger charge is -2.14. The van der Waals surface area contributed by atoms with Crippen LogP contribution < -0.4 is 11.1 Å². The van der Waals surface area contributed by atoms with Crippen LogP contribution in [0.5, 0.6) is 0 Å². The SMILES string of the molecule is COCCCNc1ccc(N)cc1C(=O)OC(C)C. The maximum atomic E-state index is 12.0. The standard InChI is InChI=1S/C14H22N2O3/c1-10(2)19-14(17)12-9-11(15)5-6-13(12)16-7-4-8-18-3/h5-6,9-10,16H,4,7-8,15H2,1-3H3. The zero-order valence-corrected chi connectivity index (χ0v) is 11.7. The van der Waals surface area contributed by atoms with Gasteiger partial charge in [-0.2, -0.15) is 0 Å². The number of hydrogen-bond acceptors (Lipinski definition) is 5. The normalized spacial score (nSPS) is 10.5. The zero-order valence-electron chi connectivity index (χ0n) is 11.7. The topological polar surface area (TPSA) is 73.6 Å². The lowest BCUT2D eigenvalue weighted by atomic mass is 10.1. The van der Waals surface area contributed by atoms with Gasteiger partial charge in [-0.05, 0) is 38.5 Å². The molecule has 0 radical (unpaired) electrons. The van der Waals surface area contributed by atoms with E-state index in [-0.39, 0.29) is 12.1 Å². The average Bonchev–Trinajstić information content (AvgIpc) is 2.35. The molecule has 0 fully saturated rings. The van der Waals surface area contributed by atoms with E-state index < -0.39 is 0 Å². The van der Waals surface area contributed by atoms with Gasteiger partial charge in [-0.3, -0.25) is 0 Å². The van der Waals surface area contributed by atoms with Gasteiger partial charge >= 0.3 is 5.97 Å². The van der Waals surface area contributed by atoms with Crippen molar-refractivity contribution in [3.05, 3.63) is 23.8 Å². The molecule has 3 N–H and O–H groups in total. The molecular weight excluding hydrogens is 244 g/mol. The van der Waals surface area contributed by atoms with Crippen molar-refractivity contribution in [3.8, 4) is 0 Å². The summed E-state index contributed by atoms with van der Waals surface area (Å²) in [4.78, 5) is 12.0. The molecule has 0 saturated heterocycles. The van der Waals surface area contributed by atoms with Gasteiger partial charge in [-0.1, -0.05) is 0 Å². The quantitative estimate of drug-likeness (QED) is 0.450. The maximum Gasteiger partial charge on any atom is 0.340 e. The molecular formula is C14H22N2O3. The van der Waals surface area contributed by atoms with E-state index in [1.807, 2.05) is 13.8 Å². The van der Waals surface area contributed by atoms with Crippen molar-refractivity contribution in [3.63, 3.8) is 0 Å². The lowest BCUT2D eigenvalue weighted by Crippen LogP contribution is -2.15. The van der Waals surface area contributed by atoms with Gasteiger partial charge in [0.15, 0.2) is 0 Å². The predicted octanol–water partition coefficient (Wildman–Crippen LogP) is 2.28. The average molecular weight is 266 g/mol. The van der Waals surface area contributed by atoms with Gasteiger partial charge in [-0.25, -0.2) is 4.79 Å². The Morgan fingerprint density at radius 1 is 1.42 bits per heavy atom. The van der Waals surface area contributed by atoms with Crippen molar-refractivity contribution < 1.29 is 14.3 Å². The van der Waals surface area contributed by atoms with E-state index in [9.17, 15) is 4.79 Å². The second-order valence-electron chi connectivity index (χ2n) is 4.53. The van der Waals surface area contributed by atoms with Crippen LogP contribution in [0.1, 0.15) is 30.6 Å². The number of nitrogens with two attached hydrogens (primary N) is 1. The van der Waals surface area contributed by atoms with Crippen LogP contribution >= 0.6 is 0 Å². The number of rotatable bonds is 7. The minimum Gasteiger partial charge on any atom is -0.459 e. The van der Waals surface area contributed by atoms with E-state index in [1.54, 1.807) is 25.3 Å². The Hall–Kier alpha value is -1.75. The van der Waals surface area contributed by atoms with Gasteiger partial charge in [0, 0.05) is 31.6 Å². The molecule has 0 aliphatic heterocycles. The van der Waals surface area contributed by atoms with Crippen molar-refractivity contribution in [1.29, 1.82) is 0 Å². The zero-order chi connectivity index (χ0) is 14.3. The van der Waals surface area contributed by atoms with E-state index in [1.165, 1.54) is 0 Å². The molecule has 5 heteroatoms. The Morgan fingerprint density at radius 2 is 2.16 bits per heavy atom. The molecule has 0 aromatic heterocycles. The van der Waals surface area contributed by atoms with Crippen LogP contribution in [0.15, 0.2) is 18.2 Å². The Balaban J connectivity index is 2.76. The first-order valence-electron chi connectivity index (χ1n) is 6.38. The number of ether oxygens (including phenoxy) is 2. The highest BCUT2D eigenvalue weighted by atomic mass is 16.5. The Bertz CT molecular complexity index is 419. The van der Waals surface area contributed by atoms with Crippen molar-refractivity contribution >= 4 is 17.3 Å². The van der Waals surface area contributed by atoms with Crippen LogP contribution in [-0.4, -0.2) is 32.3 Å². The van der Waals surface area contributed by atoms with Gasteiger partial charge in [0.25, 0.3) is 0 Å². The van der Waals surface area contributed by atoms with Gasteiger partial charge in [0.1, 0.15) is 0 Å². The predicted molar refractivity (Wildman–Crippen MR) is 76.4 cm³/mol. The molecule has 106 valence electrons. The Morgan fingerprint density at radius 3 is 2.79 bits per heavy atom. The second-order valence-corrected chi connectivity index (χ2v) is 4.53. The highest BCUT2D eigenvalue weighted by Crippen LogP contribution is 2.20. The molecule has 0 bridgehead atoms. The summed E-state index contributed by atoms with van der Waals surface area (Å²) in [7, 11) is 1.66. The summed E-state index contributed by atoms with van der Waals surface area (Å²) in [6.07, 6.45) is 0.704. The lowest BCUT2D eigenvalue weighted by molar-refractivity contribution is 0.0379. The fourth-order valence-corrected chi connectivity index (χ4v) is 1.60. The number of benzene rings is 1. The van der Waals surface area contributed by atoms with Crippen molar-refractivity contribution in [2.24, 2.45) is 0 Å². The number of hydrogen-bond donors (Lipinski definition) is 2. The summed E-state index contributed by atoms with van der Waals surface area (Å²) in [5.74, 6) is -0.364. The number of nitrogens with one attached hydrogen (secondary N) is 1. The van der Waals surface area contributed by atoms with Crippen LogP contribution in [0, 0.1) is 0 Å². The fraction of sp³-hybridized carbons (Fsp3) is 0.500. The first-order chi connectivity index (χ1) is 9.04. The van der Waals surface area contributed by atoms with Crippen LogP contribution in [-0.2, 0) is 9.47 Å². The number of nitrogen functional groups attached to an aromatic ring is 1. The molecule has 1 aromatic carbocycles. The molecule has 1 aromatic rings. The highest BCUT2D eigenvalue weighted by Gasteiger charge is 2.14. The van der Waals surface area contributed by atoms with Crippen LogP contribution in [0.4, 0.5) is 11.4 Å². The third kappa shape index (κ3) is 5.18. The van der Waals surface area contributed by atoms with Crippen molar-refractivity contribution in [2.45, 2.75) is 26.4 Å². The molecule has 5 nitrogen and oxygen atoms in total. The fourth-order valence-electron chi connectivity index (χ4n) is 1.60. The number of esters is 1. The van der Waals surface area contributed by atoms with Crippen LogP contribution in [0.3, 0.4) is 0 Å². The monoisotopic (exact) mass is 266 g/mol. The molecule has 1 rings (SSSR count). The minimum absolute atomic E-state index is 0.157. The van der Waals surface area contributed by atoms with Gasteiger partial charge < -0.3 is 20.5 Å². The highest BCUT2D eigenvalue weighted by molar-refractivity contribution is 5.96. The first-order valence-corrected chi connectivity index (χ1v) is 6.38. The van der Waals surface area contributed by atoms with E-state index >= 15 is 0 Å². The summed E-state index contributed by atoms with van der Waals surface area (Å²) in [6.45, 7) is 5.03. The summed E-state index contributed by atoms with van der Waals surface area (Å²) in [5, 5.41) is 3.19. The molecule has 19 heavy (non-hydrogen) atoms. The molecule has 0 amide bonds. The number of carbonyl (C=O) groups excluding carboxylic acids is 1. The summed E-state index contributed by atoms with van der Waals surface area (Å²) < 4.78 is 10.2. The molecule has 0 aliphatic rings. The second kappa shape index (κ2) is 7.63. The summed E-state index contributed by atoms with van der Waals surface area (Å²) >= 11 is 0. The molecule has 0 saturated carbocycles. The molecule has 0 spiro atoms. The molecule has 0 unspecified atom stereocenters. The number of carbonyl (C=O) groups is 1. The number of methoxy groups -OCH3 is 1. The van der Waals surface area contributed by atoms with E-state index in [2.05, 4.69) is 5.32 Å². The Kier molecular flexibility index (Phi) is 6.15. The van der Waals surface area contributed by atoms with E-state index in [0.29, 0.717) is 17.9 Å². The molecule has 0 atom stereocenters. The molecule has 0 heterocycles. The largest absolute Gasteiger partial charge is 0.459 e. The first kappa shape index (κ1) is 15.3. The van der Waals surface area contributed by atoms with Crippen molar-refractivity contribution in [1.82, 2.24) is 0 Å². The maximum absolute atomic E-state index is 12.0. The van der Waals surface area contributed by atoms with Crippen molar-refractivity contribution in [2.75, 3.05) is 31.3 Å². The van der Waals surface area contributed by atoms with Gasteiger partial charge in [0.05, 0.1) is 11.7 Å².